The van der Waals surface area contributed by atoms with Crippen LogP contribution in [0.3, 0.4) is 0 Å². The van der Waals surface area contributed by atoms with Gasteiger partial charge in [-0.3, -0.25) is 9.36 Å². The fraction of sp³-hybridized carbons (Fsp3) is 0.269. The van der Waals surface area contributed by atoms with Gasteiger partial charge in [-0.25, -0.2) is 9.97 Å². The van der Waals surface area contributed by atoms with Crippen molar-refractivity contribution >= 4 is 28.8 Å². The molecule has 2 aromatic carbocycles. The van der Waals surface area contributed by atoms with Crippen molar-refractivity contribution < 1.29 is 23.4 Å². The molecule has 0 aliphatic carbocycles. The first-order chi connectivity index (χ1) is 17.2. The summed E-state index contributed by atoms with van der Waals surface area (Å²) in [4.78, 5) is 22.1. The minimum absolute atomic E-state index is 0.0663. The van der Waals surface area contributed by atoms with Gasteiger partial charge in [-0.2, -0.15) is 8.78 Å². The molecular formula is C26H26F2N4O3S. The summed E-state index contributed by atoms with van der Waals surface area (Å²) in [5, 5.41) is 12.8. The number of aliphatic hydroxyl groups excluding tert-OH is 1. The second-order valence-corrected chi connectivity index (χ2v) is 9.60. The largest absolute Gasteiger partial charge is 0.433 e. The lowest BCUT2D eigenvalue weighted by molar-refractivity contribution is -0.158. The lowest BCUT2D eigenvalue weighted by atomic mass is 10.1. The molecule has 7 nitrogen and oxygen atoms in total. The average Bonchev–Trinajstić information content (AvgIpc) is 3.19. The fourth-order valence-corrected chi connectivity index (χ4v) is 4.56. The number of carbonyl (C=O) groups excluding carboxylic acids is 1. The first-order valence-corrected chi connectivity index (χ1v) is 12.2. The number of benzene rings is 2. The highest BCUT2D eigenvalue weighted by Crippen LogP contribution is 2.29. The summed E-state index contributed by atoms with van der Waals surface area (Å²) >= 11 is 1.28. The summed E-state index contributed by atoms with van der Waals surface area (Å²) < 4.78 is 32.8. The van der Waals surface area contributed by atoms with Crippen molar-refractivity contribution in [3.63, 3.8) is 0 Å². The summed E-state index contributed by atoms with van der Waals surface area (Å²) in [5.74, 6) is -0.173. The number of amides is 1. The SMILES string of the molecule is CC(Sc1nc2cccnc2n1Cc1ccc(OC(C)(F)F)cc1)C(=O)N[C@@H](CO)c1ccccc1. The maximum absolute atomic E-state index is 13.1. The molecule has 0 aliphatic rings. The molecule has 188 valence electrons. The number of alkyl halides is 2. The lowest BCUT2D eigenvalue weighted by Crippen LogP contribution is -2.36. The van der Waals surface area contributed by atoms with Crippen molar-refractivity contribution in [2.75, 3.05) is 6.61 Å². The van der Waals surface area contributed by atoms with Crippen LogP contribution in [-0.4, -0.2) is 43.5 Å². The Hall–Kier alpha value is -3.50. The molecule has 10 heteroatoms. The van der Waals surface area contributed by atoms with E-state index in [1.54, 1.807) is 31.3 Å². The molecule has 0 spiro atoms. The number of aromatic nitrogens is 3. The van der Waals surface area contributed by atoms with Gasteiger partial charge >= 0.3 is 6.11 Å². The zero-order valence-corrected chi connectivity index (χ0v) is 20.6. The molecule has 4 aromatic rings. The number of pyridine rings is 1. The van der Waals surface area contributed by atoms with Crippen LogP contribution in [0.2, 0.25) is 0 Å². The normalized spacial score (nSPS) is 13.4. The van der Waals surface area contributed by atoms with Crippen molar-refractivity contribution in [3.8, 4) is 5.75 Å². The van der Waals surface area contributed by atoms with E-state index in [1.165, 1.54) is 23.9 Å². The summed E-state index contributed by atoms with van der Waals surface area (Å²) in [5.41, 5.74) is 2.96. The van der Waals surface area contributed by atoms with Gasteiger partial charge < -0.3 is 15.2 Å². The predicted molar refractivity (Wildman–Crippen MR) is 134 cm³/mol. The molecule has 4 rings (SSSR count). The van der Waals surface area contributed by atoms with Crippen molar-refractivity contribution in [1.29, 1.82) is 0 Å². The van der Waals surface area contributed by atoms with Crippen LogP contribution in [0.1, 0.15) is 31.0 Å². The second kappa shape index (κ2) is 11.0. The van der Waals surface area contributed by atoms with E-state index in [4.69, 9.17) is 0 Å². The number of aliphatic hydroxyl groups is 1. The fourth-order valence-electron chi connectivity index (χ4n) is 3.64. The van der Waals surface area contributed by atoms with Crippen molar-refractivity contribution in [2.24, 2.45) is 0 Å². The summed E-state index contributed by atoms with van der Waals surface area (Å²) in [7, 11) is 0. The first kappa shape index (κ1) is 25.6. The van der Waals surface area contributed by atoms with E-state index in [-0.39, 0.29) is 18.3 Å². The Morgan fingerprint density at radius 2 is 1.86 bits per heavy atom. The molecule has 36 heavy (non-hydrogen) atoms. The minimum atomic E-state index is -3.26. The van der Waals surface area contributed by atoms with E-state index in [0.717, 1.165) is 11.1 Å². The van der Waals surface area contributed by atoms with Gasteiger partial charge in [0.25, 0.3) is 0 Å². The second-order valence-electron chi connectivity index (χ2n) is 8.30. The number of imidazole rings is 1. The third kappa shape index (κ3) is 6.38. The van der Waals surface area contributed by atoms with Crippen LogP contribution in [0.25, 0.3) is 11.2 Å². The van der Waals surface area contributed by atoms with Gasteiger partial charge in [-0.1, -0.05) is 54.2 Å². The van der Waals surface area contributed by atoms with Crippen LogP contribution in [0.4, 0.5) is 8.78 Å². The van der Waals surface area contributed by atoms with E-state index >= 15 is 0 Å². The Kier molecular flexibility index (Phi) is 7.85. The number of rotatable bonds is 10. The first-order valence-electron chi connectivity index (χ1n) is 11.3. The van der Waals surface area contributed by atoms with Crippen LogP contribution < -0.4 is 10.1 Å². The van der Waals surface area contributed by atoms with Gasteiger partial charge in [0.05, 0.1) is 24.4 Å². The van der Waals surface area contributed by atoms with Gasteiger partial charge in [0.2, 0.25) is 5.91 Å². The van der Waals surface area contributed by atoms with E-state index in [1.807, 2.05) is 41.0 Å². The molecular weight excluding hydrogens is 486 g/mol. The van der Waals surface area contributed by atoms with Gasteiger partial charge in [-0.15, -0.1) is 0 Å². The number of nitrogens with one attached hydrogen (secondary N) is 1. The lowest BCUT2D eigenvalue weighted by Gasteiger charge is -2.19. The monoisotopic (exact) mass is 512 g/mol. The number of thioether (sulfide) groups is 1. The molecule has 2 aromatic heterocycles. The van der Waals surface area contributed by atoms with Crippen molar-refractivity contribution in [2.45, 2.75) is 42.9 Å². The highest BCUT2D eigenvalue weighted by Gasteiger charge is 2.24. The third-order valence-electron chi connectivity index (χ3n) is 5.38. The van der Waals surface area contributed by atoms with Crippen molar-refractivity contribution in [3.05, 3.63) is 84.1 Å². The quantitative estimate of drug-likeness (QED) is 0.297. The van der Waals surface area contributed by atoms with E-state index < -0.39 is 17.4 Å². The predicted octanol–water partition coefficient (Wildman–Crippen LogP) is 4.80. The van der Waals surface area contributed by atoms with Gasteiger partial charge in [0.1, 0.15) is 11.3 Å². The number of halogens is 2. The molecule has 0 radical (unpaired) electrons. The Morgan fingerprint density at radius 3 is 2.53 bits per heavy atom. The van der Waals surface area contributed by atoms with Crippen LogP contribution in [0.5, 0.6) is 5.75 Å². The summed E-state index contributed by atoms with van der Waals surface area (Å²) in [6.45, 7) is 2.61. The number of nitrogens with zero attached hydrogens (tertiary/aromatic N) is 3. The maximum Gasteiger partial charge on any atom is 0.394 e. The Balaban J connectivity index is 1.52. The Bertz CT molecular complexity index is 1310. The van der Waals surface area contributed by atoms with Crippen molar-refractivity contribution in [1.82, 2.24) is 19.9 Å². The van der Waals surface area contributed by atoms with E-state index in [9.17, 15) is 18.7 Å². The smallest absolute Gasteiger partial charge is 0.394 e. The van der Waals surface area contributed by atoms with Crippen LogP contribution in [0.15, 0.2) is 78.1 Å². The third-order valence-corrected chi connectivity index (χ3v) is 6.47. The molecule has 1 amide bonds. The molecule has 0 fully saturated rings. The Labute approximate surface area is 211 Å². The highest BCUT2D eigenvalue weighted by atomic mass is 32.2. The highest BCUT2D eigenvalue weighted by molar-refractivity contribution is 8.00. The molecule has 1 unspecified atom stereocenters. The number of hydrogen-bond donors (Lipinski definition) is 2. The number of fused-ring (bicyclic) bond motifs is 1. The summed E-state index contributed by atoms with van der Waals surface area (Å²) in [6.07, 6.45) is -1.60. The van der Waals surface area contributed by atoms with Crippen LogP contribution >= 0.6 is 11.8 Å². The van der Waals surface area contributed by atoms with E-state index in [2.05, 4.69) is 20.0 Å². The molecule has 0 saturated carbocycles. The standard InChI is InChI=1S/C26H26F2N4O3S/c1-17(24(34)30-22(16-33)19-7-4-3-5-8-19)36-25-31-21-9-6-14-29-23(21)32(25)15-18-10-12-20(13-11-18)35-26(2,27)28/h3-14,17,22,33H,15-16H2,1-2H3,(H,30,34)/t17?,22-/m0/s1. The van der Waals surface area contributed by atoms with Gasteiger partial charge in [0.15, 0.2) is 10.8 Å². The molecule has 2 heterocycles. The van der Waals surface area contributed by atoms with Gasteiger partial charge in [-0.05, 0) is 42.3 Å². The molecule has 0 aliphatic heterocycles. The number of hydrogen-bond acceptors (Lipinski definition) is 6. The zero-order valence-electron chi connectivity index (χ0n) is 19.8. The topological polar surface area (TPSA) is 89.3 Å². The molecule has 2 atom stereocenters. The average molecular weight is 513 g/mol. The van der Waals surface area contributed by atoms with E-state index in [0.29, 0.717) is 29.8 Å². The van der Waals surface area contributed by atoms with Crippen LogP contribution in [0, 0.1) is 0 Å². The van der Waals surface area contributed by atoms with Crippen LogP contribution in [-0.2, 0) is 11.3 Å². The summed E-state index contributed by atoms with van der Waals surface area (Å²) in [6, 6.07) is 18.8. The number of carbonyl (C=O) groups is 1. The molecule has 0 bridgehead atoms. The van der Waals surface area contributed by atoms with Gasteiger partial charge in [0, 0.05) is 13.1 Å². The Morgan fingerprint density at radius 1 is 1.14 bits per heavy atom. The zero-order chi connectivity index (χ0) is 25.7. The minimum Gasteiger partial charge on any atom is -0.433 e. The molecule has 0 saturated heterocycles. The molecule has 2 N–H and O–H groups in total. The maximum atomic E-state index is 13.1. The number of ether oxygens (including phenoxy) is 1.